The number of rotatable bonds is 3. The van der Waals surface area contributed by atoms with Crippen molar-refractivity contribution in [3.63, 3.8) is 0 Å². The second kappa shape index (κ2) is 5.21. The lowest BCUT2D eigenvalue weighted by Crippen LogP contribution is -2.13. The zero-order valence-corrected chi connectivity index (χ0v) is 10.0. The highest BCUT2D eigenvalue weighted by Gasteiger charge is 2.23. The van der Waals surface area contributed by atoms with Crippen LogP contribution in [0.15, 0.2) is 10.5 Å². The van der Waals surface area contributed by atoms with Crippen LogP contribution in [0.1, 0.15) is 55.6 Å². The minimum absolute atomic E-state index is 0.117. The van der Waals surface area contributed by atoms with Crippen LogP contribution in [0.2, 0.25) is 5.02 Å². The van der Waals surface area contributed by atoms with Gasteiger partial charge in [0.1, 0.15) is 11.5 Å². The maximum Gasteiger partial charge on any atom is 0.125 e. The van der Waals surface area contributed by atoms with Crippen molar-refractivity contribution < 1.29 is 9.52 Å². The second-order valence-electron chi connectivity index (χ2n) is 4.48. The van der Waals surface area contributed by atoms with Crippen LogP contribution >= 0.6 is 11.6 Å². The van der Waals surface area contributed by atoms with E-state index in [2.05, 4.69) is 0 Å². The van der Waals surface area contributed by atoms with Crippen molar-refractivity contribution in [2.45, 2.75) is 44.1 Å². The van der Waals surface area contributed by atoms with Crippen LogP contribution < -0.4 is 5.73 Å². The minimum atomic E-state index is -0.463. The first-order valence-electron chi connectivity index (χ1n) is 5.88. The lowest BCUT2D eigenvalue weighted by atomic mass is 9.87. The molecule has 0 amide bonds. The molecule has 1 aromatic rings. The van der Waals surface area contributed by atoms with Gasteiger partial charge in [-0.3, -0.25) is 0 Å². The van der Waals surface area contributed by atoms with Gasteiger partial charge in [-0.15, -0.1) is 0 Å². The highest BCUT2D eigenvalue weighted by Crippen LogP contribution is 2.38. The largest absolute Gasteiger partial charge is 0.462 e. The van der Waals surface area contributed by atoms with Crippen LogP contribution in [0.3, 0.4) is 0 Å². The molecular weight excluding hydrogens is 226 g/mol. The van der Waals surface area contributed by atoms with Crippen LogP contribution in [-0.4, -0.2) is 11.7 Å². The summed E-state index contributed by atoms with van der Waals surface area (Å²) in [6.45, 7) is -0.117. The smallest absolute Gasteiger partial charge is 0.125 e. The Morgan fingerprint density at radius 1 is 1.44 bits per heavy atom. The fourth-order valence-corrected chi connectivity index (χ4v) is 2.62. The van der Waals surface area contributed by atoms with Crippen molar-refractivity contribution in [1.82, 2.24) is 0 Å². The van der Waals surface area contributed by atoms with Gasteiger partial charge in [0.25, 0.3) is 0 Å². The predicted molar refractivity (Wildman–Crippen MR) is 63.6 cm³/mol. The number of furan rings is 1. The van der Waals surface area contributed by atoms with E-state index in [-0.39, 0.29) is 6.61 Å². The molecule has 1 aliphatic rings. The molecule has 0 aliphatic heterocycles. The standard InChI is InChI=1S/C12H18ClNO2/c13-9-6-11(10(14)7-15)16-12(9)8-4-2-1-3-5-8/h6,8,10,15H,1-5,7,14H2. The highest BCUT2D eigenvalue weighted by molar-refractivity contribution is 6.31. The number of hydrogen-bond donors (Lipinski definition) is 2. The van der Waals surface area contributed by atoms with E-state index in [9.17, 15) is 0 Å². The van der Waals surface area contributed by atoms with Crippen molar-refractivity contribution in [2.75, 3.05) is 6.61 Å². The normalized spacial score (nSPS) is 19.9. The van der Waals surface area contributed by atoms with Gasteiger partial charge < -0.3 is 15.3 Å². The predicted octanol–water partition coefficient (Wildman–Crippen LogP) is 2.97. The molecule has 0 aromatic carbocycles. The Balaban J connectivity index is 2.17. The van der Waals surface area contributed by atoms with Gasteiger partial charge in [0, 0.05) is 12.0 Å². The first-order chi connectivity index (χ1) is 7.72. The first-order valence-corrected chi connectivity index (χ1v) is 6.25. The number of aliphatic hydroxyl groups is 1. The van der Waals surface area contributed by atoms with E-state index in [1.807, 2.05) is 0 Å². The van der Waals surface area contributed by atoms with Crippen LogP contribution in [0.4, 0.5) is 0 Å². The molecule has 3 nitrogen and oxygen atoms in total. The van der Waals surface area contributed by atoms with E-state index >= 15 is 0 Å². The van der Waals surface area contributed by atoms with Crippen molar-refractivity contribution in [3.8, 4) is 0 Å². The summed E-state index contributed by atoms with van der Waals surface area (Å²) in [5, 5.41) is 9.63. The summed E-state index contributed by atoms with van der Waals surface area (Å²) < 4.78 is 5.69. The van der Waals surface area contributed by atoms with E-state index in [0.29, 0.717) is 16.7 Å². The SMILES string of the molecule is NC(CO)c1cc(Cl)c(C2CCCCC2)o1. The quantitative estimate of drug-likeness (QED) is 0.858. The van der Waals surface area contributed by atoms with Crippen molar-refractivity contribution in [1.29, 1.82) is 0 Å². The van der Waals surface area contributed by atoms with Crippen molar-refractivity contribution >= 4 is 11.6 Å². The van der Waals surface area contributed by atoms with Gasteiger partial charge in [-0.25, -0.2) is 0 Å². The molecule has 90 valence electrons. The Labute approximate surface area is 101 Å². The van der Waals surface area contributed by atoms with Gasteiger partial charge in [0.2, 0.25) is 0 Å². The average molecular weight is 244 g/mol. The second-order valence-corrected chi connectivity index (χ2v) is 4.89. The molecule has 4 heteroatoms. The summed E-state index contributed by atoms with van der Waals surface area (Å²) in [5.41, 5.74) is 5.70. The number of nitrogens with two attached hydrogens (primary N) is 1. The summed E-state index contributed by atoms with van der Waals surface area (Å²) in [4.78, 5) is 0. The Hall–Kier alpha value is -0.510. The Morgan fingerprint density at radius 3 is 2.75 bits per heavy atom. The van der Waals surface area contributed by atoms with E-state index in [1.54, 1.807) is 6.07 Å². The summed E-state index contributed by atoms with van der Waals surface area (Å²) in [5.74, 6) is 1.88. The molecular formula is C12H18ClNO2. The minimum Gasteiger partial charge on any atom is -0.462 e. The van der Waals surface area contributed by atoms with E-state index < -0.39 is 6.04 Å². The maximum atomic E-state index is 8.97. The Morgan fingerprint density at radius 2 is 2.12 bits per heavy atom. The molecule has 1 unspecified atom stereocenters. The molecule has 1 saturated carbocycles. The monoisotopic (exact) mass is 243 g/mol. The molecule has 16 heavy (non-hydrogen) atoms. The Bertz CT molecular complexity index is 345. The highest BCUT2D eigenvalue weighted by atomic mass is 35.5. The number of hydrogen-bond acceptors (Lipinski definition) is 3. The maximum absolute atomic E-state index is 8.97. The van der Waals surface area contributed by atoms with Crippen molar-refractivity contribution in [2.24, 2.45) is 5.73 Å². The first kappa shape index (κ1) is 12.0. The summed E-state index contributed by atoms with van der Waals surface area (Å²) in [7, 11) is 0. The third kappa shape index (κ3) is 2.42. The van der Waals surface area contributed by atoms with Crippen LogP contribution in [0.5, 0.6) is 0 Å². The van der Waals surface area contributed by atoms with Gasteiger partial charge in [-0.1, -0.05) is 30.9 Å². The third-order valence-corrected chi connectivity index (χ3v) is 3.57. The van der Waals surface area contributed by atoms with Crippen molar-refractivity contribution in [3.05, 3.63) is 22.6 Å². The topological polar surface area (TPSA) is 59.4 Å². The van der Waals surface area contributed by atoms with Crippen LogP contribution in [0.25, 0.3) is 0 Å². The fourth-order valence-electron chi connectivity index (χ4n) is 2.32. The zero-order valence-electron chi connectivity index (χ0n) is 9.29. The molecule has 1 atom stereocenters. The molecule has 0 spiro atoms. The molecule has 0 radical (unpaired) electrons. The number of aliphatic hydroxyl groups excluding tert-OH is 1. The Kier molecular flexibility index (Phi) is 3.90. The van der Waals surface area contributed by atoms with Crippen LogP contribution in [0, 0.1) is 0 Å². The summed E-state index contributed by atoms with van der Waals surface area (Å²) >= 11 is 6.15. The summed E-state index contributed by atoms with van der Waals surface area (Å²) in [6, 6.07) is 1.28. The van der Waals surface area contributed by atoms with E-state index in [1.165, 1.54) is 19.3 Å². The van der Waals surface area contributed by atoms with E-state index in [4.69, 9.17) is 26.9 Å². The average Bonchev–Trinajstić information content (AvgIpc) is 2.71. The van der Waals surface area contributed by atoms with Gasteiger partial charge in [-0.05, 0) is 12.8 Å². The molecule has 1 aromatic heterocycles. The molecule has 1 aliphatic carbocycles. The molecule has 3 N–H and O–H groups in total. The summed E-state index contributed by atoms with van der Waals surface area (Å²) in [6.07, 6.45) is 6.06. The zero-order chi connectivity index (χ0) is 11.5. The lowest BCUT2D eigenvalue weighted by molar-refractivity contribution is 0.246. The van der Waals surface area contributed by atoms with Crippen LogP contribution in [-0.2, 0) is 0 Å². The van der Waals surface area contributed by atoms with E-state index in [0.717, 1.165) is 18.6 Å². The molecule has 1 fully saturated rings. The fraction of sp³-hybridized carbons (Fsp3) is 0.667. The lowest BCUT2D eigenvalue weighted by Gasteiger charge is -2.19. The molecule has 2 rings (SSSR count). The number of halogens is 1. The molecule has 1 heterocycles. The van der Waals surface area contributed by atoms with Gasteiger partial charge in [-0.2, -0.15) is 0 Å². The molecule has 0 saturated heterocycles. The third-order valence-electron chi connectivity index (χ3n) is 3.27. The van der Waals surface area contributed by atoms with Gasteiger partial charge >= 0.3 is 0 Å². The van der Waals surface area contributed by atoms with Gasteiger partial charge in [0.05, 0.1) is 17.7 Å². The molecule has 0 bridgehead atoms. The van der Waals surface area contributed by atoms with Gasteiger partial charge in [0.15, 0.2) is 0 Å².